The first kappa shape index (κ1) is 41.5. The molecule has 2 aliphatic rings. The van der Waals surface area contributed by atoms with Crippen LogP contribution in [0.3, 0.4) is 0 Å². The Labute approximate surface area is 292 Å². The van der Waals surface area contributed by atoms with Gasteiger partial charge in [-0.1, -0.05) is 79.7 Å². The van der Waals surface area contributed by atoms with E-state index in [2.05, 4.69) is 33.2 Å². The minimum atomic E-state index is -1.03. The number of urea groups is 1. The van der Waals surface area contributed by atoms with Gasteiger partial charge in [0.05, 0.1) is 12.1 Å². The number of amides is 6. The predicted molar refractivity (Wildman–Crippen MR) is 188 cm³/mol. The van der Waals surface area contributed by atoms with E-state index in [-0.39, 0.29) is 36.8 Å². The molecule has 278 valence electrons. The molecule has 1 aliphatic heterocycles. The summed E-state index contributed by atoms with van der Waals surface area (Å²) < 4.78 is 5.34. The van der Waals surface area contributed by atoms with Crippen molar-refractivity contribution in [1.82, 2.24) is 31.5 Å². The van der Waals surface area contributed by atoms with E-state index in [1.807, 2.05) is 41.5 Å². The fraction of sp³-hybridized carbons (Fsp3) is 0.778. The van der Waals surface area contributed by atoms with E-state index in [1.165, 1.54) is 6.08 Å². The maximum absolute atomic E-state index is 14.5. The van der Waals surface area contributed by atoms with Gasteiger partial charge in [0.1, 0.15) is 18.7 Å². The molecule has 2 fully saturated rings. The maximum atomic E-state index is 14.5. The van der Waals surface area contributed by atoms with E-state index in [4.69, 9.17) is 4.74 Å². The van der Waals surface area contributed by atoms with Crippen LogP contribution in [0.25, 0.3) is 0 Å². The van der Waals surface area contributed by atoms with Crippen LogP contribution in [0.2, 0.25) is 0 Å². The molecule has 0 spiro atoms. The molecule has 0 bridgehead atoms. The third kappa shape index (κ3) is 12.6. The van der Waals surface area contributed by atoms with Crippen molar-refractivity contribution in [3.05, 3.63) is 12.7 Å². The average Bonchev–Trinajstić information content (AvgIpc) is 3.51. The van der Waals surface area contributed by atoms with Crippen LogP contribution in [0.4, 0.5) is 9.59 Å². The monoisotopic (exact) mass is 690 g/mol. The standard InChI is InChI=1S/C36H62N6O7/c1-9-12-18-26(30(43)32(45)38-20-10-2)39-31(44)29-25(23(4)5)19-21-42(29)33(46)28(24-16-14-13-15-17-24)41-34(47)40-27(36(6,7)8)22-49-35(48)37-11-3/h10,23-29H,2,9,11-22H2,1,3-8H3,(H,37,48)(H,38,45)(H,39,44)(H2,40,41,47)/t25-,26?,27-,28?,29?/m1/s1. The highest BCUT2D eigenvalue weighted by Gasteiger charge is 2.47. The Bertz CT molecular complexity index is 1150. The minimum absolute atomic E-state index is 0.0519. The Balaban J connectivity index is 2.35. The van der Waals surface area contributed by atoms with Crippen LogP contribution >= 0.6 is 0 Å². The average molecular weight is 691 g/mol. The highest BCUT2D eigenvalue weighted by Crippen LogP contribution is 2.34. The second kappa shape index (κ2) is 20.1. The lowest BCUT2D eigenvalue weighted by molar-refractivity contribution is -0.144. The van der Waals surface area contributed by atoms with Crippen LogP contribution in [0.5, 0.6) is 0 Å². The summed E-state index contributed by atoms with van der Waals surface area (Å²) in [7, 11) is 0. The number of carbonyl (C=O) groups is 6. The Morgan fingerprint density at radius 2 is 1.61 bits per heavy atom. The predicted octanol–water partition coefficient (Wildman–Crippen LogP) is 3.81. The number of hydrogen-bond donors (Lipinski definition) is 5. The van der Waals surface area contributed by atoms with E-state index in [9.17, 15) is 28.8 Å². The number of hydrogen-bond acceptors (Lipinski definition) is 7. The van der Waals surface area contributed by atoms with Gasteiger partial charge < -0.3 is 36.2 Å². The zero-order valence-corrected chi connectivity index (χ0v) is 30.8. The van der Waals surface area contributed by atoms with Gasteiger partial charge in [-0.25, -0.2) is 9.59 Å². The highest BCUT2D eigenvalue weighted by atomic mass is 16.5. The number of ether oxygens (including phenoxy) is 1. The normalized spacial score (nSPS) is 20.0. The molecule has 49 heavy (non-hydrogen) atoms. The first-order chi connectivity index (χ1) is 23.2. The van der Waals surface area contributed by atoms with Crippen LogP contribution in [-0.2, 0) is 23.9 Å². The van der Waals surface area contributed by atoms with E-state index in [0.717, 1.165) is 38.5 Å². The first-order valence-corrected chi connectivity index (χ1v) is 18.2. The summed E-state index contributed by atoms with van der Waals surface area (Å²) >= 11 is 0. The largest absolute Gasteiger partial charge is 0.447 e. The van der Waals surface area contributed by atoms with Crippen molar-refractivity contribution in [1.29, 1.82) is 0 Å². The van der Waals surface area contributed by atoms with Gasteiger partial charge in [-0.3, -0.25) is 19.2 Å². The zero-order valence-electron chi connectivity index (χ0n) is 30.8. The van der Waals surface area contributed by atoms with E-state index in [1.54, 1.807) is 11.8 Å². The Hall–Kier alpha value is -3.64. The van der Waals surface area contributed by atoms with Gasteiger partial charge in [-0.15, -0.1) is 6.58 Å². The molecule has 0 radical (unpaired) electrons. The number of rotatable bonds is 17. The van der Waals surface area contributed by atoms with Crippen LogP contribution in [0.1, 0.15) is 106 Å². The van der Waals surface area contributed by atoms with Crippen molar-refractivity contribution in [2.45, 2.75) is 130 Å². The molecule has 1 heterocycles. The molecule has 1 saturated carbocycles. The number of nitrogens with one attached hydrogen (secondary N) is 5. The maximum Gasteiger partial charge on any atom is 0.407 e. The lowest BCUT2D eigenvalue weighted by Gasteiger charge is -2.37. The van der Waals surface area contributed by atoms with Gasteiger partial charge in [0.2, 0.25) is 17.6 Å². The SMILES string of the molecule is C=CCNC(=O)C(=O)C(CCCC)NC(=O)C1[C@@H](C(C)C)CCN1C(=O)C(NC(=O)N[C@H](COC(=O)NCC)C(C)(C)C)C1CCCCC1. The molecule has 2 rings (SSSR count). The molecule has 0 aromatic heterocycles. The van der Waals surface area contributed by atoms with Crippen LogP contribution in [-0.4, -0.2) is 90.9 Å². The Kier molecular flexibility index (Phi) is 17.1. The highest BCUT2D eigenvalue weighted by molar-refractivity contribution is 6.38. The van der Waals surface area contributed by atoms with Crippen molar-refractivity contribution >= 4 is 35.6 Å². The van der Waals surface area contributed by atoms with Gasteiger partial charge in [0.25, 0.3) is 5.91 Å². The molecule has 0 aromatic rings. The van der Waals surface area contributed by atoms with Crippen LogP contribution in [0.15, 0.2) is 12.7 Å². The molecule has 1 aliphatic carbocycles. The summed E-state index contributed by atoms with van der Waals surface area (Å²) in [6.07, 6.45) is 7.57. The van der Waals surface area contributed by atoms with E-state index in [0.29, 0.717) is 32.4 Å². The van der Waals surface area contributed by atoms with Gasteiger partial charge in [-0.05, 0) is 55.8 Å². The fourth-order valence-corrected chi connectivity index (χ4v) is 6.67. The minimum Gasteiger partial charge on any atom is -0.447 e. The van der Waals surface area contributed by atoms with Crippen LogP contribution in [0, 0.1) is 23.2 Å². The summed E-state index contributed by atoms with van der Waals surface area (Å²) in [6.45, 7) is 17.9. The number of carbonyl (C=O) groups excluding carboxylic acids is 6. The third-order valence-corrected chi connectivity index (χ3v) is 9.69. The summed E-state index contributed by atoms with van der Waals surface area (Å²) in [4.78, 5) is 81.4. The number of unbranched alkanes of at least 4 members (excludes halogenated alkanes) is 1. The van der Waals surface area contributed by atoms with Gasteiger partial charge in [-0.2, -0.15) is 0 Å². The summed E-state index contributed by atoms with van der Waals surface area (Å²) in [6, 6.07) is -3.89. The fourth-order valence-electron chi connectivity index (χ4n) is 6.67. The summed E-state index contributed by atoms with van der Waals surface area (Å²) in [5.41, 5.74) is -0.467. The molecule has 5 N–H and O–H groups in total. The molecule has 3 unspecified atom stereocenters. The van der Waals surface area contributed by atoms with E-state index >= 15 is 0 Å². The van der Waals surface area contributed by atoms with Gasteiger partial charge in [0.15, 0.2) is 0 Å². The molecule has 5 atom stereocenters. The molecular weight excluding hydrogens is 628 g/mol. The number of Topliss-reactive ketones (excluding diaryl/α,β-unsaturated/α-hetero) is 1. The van der Waals surface area contributed by atoms with Crippen molar-refractivity contribution in [3.63, 3.8) is 0 Å². The lowest BCUT2D eigenvalue weighted by Crippen LogP contribution is -2.61. The zero-order chi connectivity index (χ0) is 36.7. The van der Waals surface area contributed by atoms with Crippen LogP contribution < -0.4 is 26.6 Å². The molecule has 1 saturated heterocycles. The number of alkyl carbamates (subject to hydrolysis) is 1. The van der Waals surface area contributed by atoms with Crippen molar-refractivity contribution in [3.8, 4) is 0 Å². The summed E-state index contributed by atoms with van der Waals surface area (Å²) in [5, 5.41) is 13.8. The molecule has 13 heteroatoms. The number of likely N-dealkylation sites (tertiary alicyclic amines) is 1. The summed E-state index contributed by atoms with van der Waals surface area (Å²) in [5.74, 6) is -2.59. The second-order valence-electron chi connectivity index (χ2n) is 14.8. The Morgan fingerprint density at radius 3 is 2.18 bits per heavy atom. The van der Waals surface area contributed by atoms with Crippen molar-refractivity contribution in [2.75, 3.05) is 26.2 Å². The molecule has 13 nitrogen and oxygen atoms in total. The molecular formula is C36H62N6O7. The third-order valence-electron chi connectivity index (χ3n) is 9.69. The smallest absolute Gasteiger partial charge is 0.407 e. The topological polar surface area (TPSA) is 175 Å². The van der Waals surface area contributed by atoms with Gasteiger partial charge in [0, 0.05) is 19.6 Å². The number of nitrogens with zero attached hydrogens (tertiary/aromatic N) is 1. The quantitative estimate of drug-likeness (QED) is 0.114. The first-order valence-electron chi connectivity index (χ1n) is 18.2. The Morgan fingerprint density at radius 1 is 0.939 bits per heavy atom. The van der Waals surface area contributed by atoms with E-state index < -0.39 is 59.3 Å². The van der Waals surface area contributed by atoms with Crippen molar-refractivity contribution < 1.29 is 33.5 Å². The van der Waals surface area contributed by atoms with Gasteiger partial charge >= 0.3 is 12.1 Å². The second-order valence-corrected chi connectivity index (χ2v) is 14.8. The molecule has 0 aromatic carbocycles. The lowest BCUT2D eigenvalue weighted by atomic mass is 9.82. The number of ketones is 1. The molecule has 6 amide bonds. The van der Waals surface area contributed by atoms with Crippen molar-refractivity contribution in [2.24, 2.45) is 23.2 Å².